The standard InChI is InChI=1S/C21H19NO6/c1-22(11-16-12-26-17-4-2-3-5-18(17)27-16)20(23)13-25-15-8-6-14-7-9-21(24)28-19(14)10-15/h2-10,16H,11-13H2,1H3/t16-/m0/s1. The van der Waals surface area contributed by atoms with Gasteiger partial charge in [-0.05, 0) is 30.3 Å². The zero-order valence-corrected chi connectivity index (χ0v) is 15.3. The number of hydrogen-bond acceptors (Lipinski definition) is 6. The molecule has 0 aliphatic carbocycles. The van der Waals surface area contributed by atoms with Crippen molar-refractivity contribution in [2.45, 2.75) is 6.10 Å². The summed E-state index contributed by atoms with van der Waals surface area (Å²) in [5.41, 5.74) is -0.0195. The van der Waals surface area contributed by atoms with Gasteiger partial charge in [-0.15, -0.1) is 0 Å². The van der Waals surface area contributed by atoms with Gasteiger partial charge in [-0.3, -0.25) is 4.79 Å². The van der Waals surface area contributed by atoms with Crippen molar-refractivity contribution in [1.29, 1.82) is 0 Å². The molecule has 0 fully saturated rings. The predicted molar refractivity (Wildman–Crippen MR) is 102 cm³/mol. The first-order chi connectivity index (χ1) is 13.6. The first kappa shape index (κ1) is 17.9. The lowest BCUT2D eigenvalue weighted by Gasteiger charge is -2.29. The van der Waals surface area contributed by atoms with Crippen LogP contribution in [-0.2, 0) is 4.79 Å². The summed E-state index contributed by atoms with van der Waals surface area (Å²) in [6, 6.07) is 15.6. The first-order valence-corrected chi connectivity index (χ1v) is 8.88. The Morgan fingerprint density at radius 2 is 1.93 bits per heavy atom. The molecule has 0 radical (unpaired) electrons. The highest BCUT2D eigenvalue weighted by atomic mass is 16.6. The summed E-state index contributed by atoms with van der Waals surface area (Å²) in [4.78, 5) is 25.3. The van der Waals surface area contributed by atoms with Crippen molar-refractivity contribution in [2.75, 3.05) is 26.8 Å². The Kier molecular flexibility index (Phi) is 4.89. The van der Waals surface area contributed by atoms with Crippen molar-refractivity contribution >= 4 is 16.9 Å². The molecule has 1 amide bonds. The van der Waals surface area contributed by atoms with Crippen LogP contribution in [0.3, 0.4) is 0 Å². The van der Waals surface area contributed by atoms with Gasteiger partial charge >= 0.3 is 5.63 Å². The van der Waals surface area contributed by atoms with Gasteiger partial charge in [-0.25, -0.2) is 4.79 Å². The highest BCUT2D eigenvalue weighted by molar-refractivity contribution is 5.79. The number of nitrogens with zero attached hydrogens (tertiary/aromatic N) is 1. The third kappa shape index (κ3) is 3.93. The molecule has 3 aromatic rings. The largest absolute Gasteiger partial charge is 0.486 e. The van der Waals surface area contributed by atoms with Crippen molar-refractivity contribution in [3.63, 3.8) is 0 Å². The first-order valence-electron chi connectivity index (χ1n) is 8.88. The van der Waals surface area contributed by atoms with E-state index in [0.717, 1.165) is 5.39 Å². The molecule has 4 rings (SSSR count). The number of ether oxygens (including phenoxy) is 3. The molecule has 0 saturated carbocycles. The van der Waals surface area contributed by atoms with Crippen LogP contribution in [0.4, 0.5) is 0 Å². The van der Waals surface area contributed by atoms with E-state index in [2.05, 4.69) is 0 Å². The molecule has 7 heteroatoms. The summed E-state index contributed by atoms with van der Waals surface area (Å²) in [6.07, 6.45) is -0.251. The van der Waals surface area contributed by atoms with Gasteiger partial charge in [0.15, 0.2) is 24.2 Å². The van der Waals surface area contributed by atoms with Crippen molar-refractivity contribution in [1.82, 2.24) is 4.90 Å². The van der Waals surface area contributed by atoms with Crippen LogP contribution in [0.1, 0.15) is 0 Å². The van der Waals surface area contributed by atoms with Gasteiger partial charge in [0, 0.05) is 24.6 Å². The Bertz CT molecular complexity index is 1060. The monoisotopic (exact) mass is 381 g/mol. The summed E-state index contributed by atoms with van der Waals surface area (Å²) in [5, 5.41) is 0.783. The molecule has 1 aromatic heterocycles. The molecular formula is C21H19NO6. The third-order valence-corrected chi connectivity index (χ3v) is 4.43. The average molecular weight is 381 g/mol. The number of carbonyl (C=O) groups is 1. The molecule has 0 bridgehead atoms. The zero-order valence-electron chi connectivity index (χ0n) is 15.3. The number of fused-ring (bicyclic) bond motifs is 2. The van der Waals surface area contributed by atoms with Gasteiger partial charge in [-0.2, -0.15) is 0 Å². The number of carbonyl (C=O) groups excluding carboxylic acids is 1. The van der Waals surface area contributed by atoms with E-state index in [0.29, 0.717) is 36.0 Å². The van der Waals surface area contributed by atoms with E-state index in [9.17, 15) is 9.59 Å². The highest BCUT2D eigenvalue weighted by Gasteiger charge is 2.23. The van der Waals surface area contributed by atoms with Crippen LogP contribution in [-0.4, -0.2) is 43.7 Å². The van der Waals surface area contributed by atoms with Crippen LogP contribution in [0.2, 0.25) is 0 Å². The number of amides is 1. The molecule has 144 valence electrons. The minimum absolute atomic E-state index is 0.136. The molecule has 1 aliphatic heterocycles. The highest BCUT2D eigenvalue weighted by Crippen LogP contribution is 2.31. The molecule has 1 aliphatic rings. The van der Waals surface area contributed by atoms with Gasteiger partial charge in [-0.1, -0.05) is 12.1 Å². The van der Waals surface area contributed by atoms with Gasteiger partial charge in [0.1, 0.15) is 17.9 Å². The summed E-state index contributed by atoms with van der Waals surface area (Å²) < 4.78 is 22.2. The van der Waals surface area contributed by atoms with E-state index in [1.165, 1.54) is 6.07 Å². The zero-order chi connectivity index (χ0) is 19.5. The predicted octanol–water partition coefficient (Wildman–Crippen LogP) is 2.47. The maximum Gasteiger partial charge on any atom is 0.336 e. The van der Waals surface area contributed by atoms with Gasteiger partial charge in [0.2, 0.25) is 0 Å². The summed E-state index contributed by atoms with van der Waals surface area (Å²) in [5.74, 6) is 1.64. The normalized spacial score (nSPS) is 15.2. The minimum Gasteiger partial charge on any atom is -0.486 e. The SMILES string of the molecule is CN(C[C@H]1COc2ccccc2O1)C(=O)COc1ccc2ccc(=O)oc2c1. The Morgan fingerprint density at radius 1 is 1.14 bits per heavy atom. The Hall–Kier alpha value is -3.48. The number of rotatable bonds is 5. The van der Waals surface area contributed by atoms with Crippen LogP contribution >= 0.6 is 0 Å². The molecule has 7 nitrogen and oxygen atoms in total. The van der Waals surface area contributed by atoms with E-state index in [4.69, 9.17) is 18.6 Å². The number of benzene rings is 2. The maximum atomic E-state index is 12.4. The van der Waals surface area contributed by atoms with E-state index < -0.39 is 5.63 Å². The molecule has 2 heterocycles. The fourth-order valence-electron chi connectivity index (χ4n) is 2.95. The van der Waals surface area contributed by atoms with Crippen molar-refractivity contribution in [3.05, 3.63) is 65.0 Å². The van der Waals surface area contributed by atoms with Crippen LogP contribution < -0.4 is 19.8 Å². The van der Waals surface area contributed by atoms with Crippen molar-refractivity contribution < 1.29 is 23.4 Å². The lowest BCUT2D eigenvalue weighted by atomic mass is 10.2. The topological polar surface area (TPSA) is 78.2 Å². The molecular weight excluding hydrogens is 362 g/mol. The molecule has 1 atom stereocenters. The Balaban J connectivity index is 1.33. The lowest BCUT2D eigenvalue weighted by Crippen LogP contribution is -2.43. The van der Waals surface area contributed by atoms with Gasteiger partial charge in [0.25, 0.3) is 5.91 Å². The summed E-state index contributed by atoms with van der Waals surface area (Å²) in [6.45, 7) is 0.617. The number of likely N-dealkylation sites (N-methyl/N-ethyl adjacent to an activating group) is 1. The van der Waals surface area contributed by atoms with Crippen molar-refractivity contribution in [2.24, 2.45) is 0 Å². The van der Waals surface area contributed by atoms with E-state index in [1.54, 1.807) is 36.2 Å². The van der Waals surface area contributed by atoms with E-state index in [-0.39, 0.29) is 18.6 Å². The summed E-state index contributed by atoms with van der Waals surface area (Å²) >= 11 is 0. The van der Waals surface area contributed by atoms with Crippen molar-refractivity contribution in [3.8, 4) is 17.2 Å². The average Bonchev–Trinajstić information content (AvgIpc) is 2.71. The van der Waals surface area contributed by atoms with Gasteiger partial charge in [0.05, 0.1) is 6.54 Å². The fraction of sp³-hybridized carbons (Fsp3) is 0.238. The number of para-hydroxylation sites is 2. The molecule has 0 unspecified atom stereocenters. The van der Waals surface area contributed by atoms with E-state index in [1.807, 2.05) is 24.3 Å². The lowest BCUT2D eigenvalue weighted by molar-refractivity contribution is -0.133. The van der Waals surface area contributed by atoms with Crippen LogP contribution in [0.5, 0.6) is 17.2 Å². The maximum absolute atomic E-state index is 12.4. The molecule has 0 N–H and O–H groups in total. The second-order valence-electron chi connectivity index (χ2n) is 6.51. The second-order valence-corrected chi connectivity index (χ2v) is 6.51. The quantitative estimate of drug-likeness (QED) is 0.632. The second kappa shape index (κ2) is 7.64. The Labute approximate surface area is 161 Å². The fourth-order valence-corrected chi connectivity index (χ4v) is 2.95. The van der Waals surface area contributed by atoms with Gasteiger partial charge < -0.3 is 23.5 Å². The Morgan fingerprint density at radius 3 is 2.79 bits per heavy atom. The molecule has 2 aromatic carbocycles. The van der Waals surface area contributed by atoms with Crippen LogP contribution in [0, 0.1) is 0 Å². The minimum atomic E-state index is -0.434. The van der Waals surface area contributed by atoms with Crippen LogP contribution in [0.25, 0.3) is 11.0 Å². The smallest absolute Gasteiger partial charge is 0.336 e. The molecule has 28 heavy (non-hydrogen) atoms. The van der Waals surface area contributed by atoms with E-state index >= 15 is 0 Å². The third-order valence-electron chi connectivity index (χ3n) is 4.43. The number of hydrogen-bond donors (Lipinski definition) is 0. The molecule has 0 spiro atoms. The van der Waals surface area contributed by atoms with Crippen LogP contribution in [0.15, 0.2) is 63.8 Å². The molecule has 0 saturated heterocycles. The summed E-state index contributed by atoms with van der Waals surface area (Å²) in [7, 11) is 1.69.